The van der Waals surface area contributed by atoms with Crippen LogP contribution in [-0.4, -0.2) is 21.1 Å². The van der Waals surface area contributed by atoms with Crippen LogP contribution in [-0.2, 0) is 9.84 Å². The van der Waals surface area contributed by atoms with Crippen LogP contribution in [0.25, 0.3) is 5.57 Å². The Kier molecular flexibility index (Phi) is 2.56. The van der Waals surface area contributed by atoms with Crippen molar-refractivity contribution >= 4 is 15.4 Å². The normalized spacial score (nSPS) is 17.5. The molecule has 0 fully saturated rings. The molecule has 0 saturated heterocycles. The zero-order chi connectivity index (χ0) is 12.8. The topological polar surface area (TPSA) is 69.4 Å². The maximum atomic E-state index is 12.0. The molecule has 0 unspecified atom stereocenters. The van der Waals surface area contributed by atoms with Crippen molar-refractivity contribution in [3.63, 3.8) is 0 Å². The number of nitrogens with two attached hydrogens (primary N) is 1. The molecule has 2 rings (SSSR count). The Bertz CT molecular complexity index is 595. The van der Waals surface area contributed by atoms with Gasteiger partial charge in [0.15, 0.2) is 0 Å². The van der Waals surface area contributed by atoms with E-state index < -0.39 is 15.4 Å². The summed E-state index contributed by atoms with van der Waals surface area (Å²) in [4.78, 5) is 0.269. The van der Waals surface area contributed by atoms with Gasteiger partial charge in [-0.1, -0.05) is 0 Å². The van der Waals surface area contributed by atoms with Crippen LogP contribution >= 0.6 is 0 Å². The molecule has 0 aliphatic carbocycles. The second kappa shape index (κ2) is 3.58. The lowest BCUT2D eigenvalue weighted by atomic mass is 9.91. The van der Waals surface area contributed by atoms with Gasteiger partial charge in [-0.25, -0.2) is 8.42 Å². The Balaban J connectivity index is 2.69. The molecule has 0 atom stereocenters. The molecule has 5 heteroatoms. The SMILES string of the molecule is COc1ccc2c(c1)S(=O)(=O)C=C2C(C)(C)N. The Morgan fingerprint density at radius 3 is 2.47 bits per heavy atom. The molecule has 0 bridgehead atoms. The van der Waals surface area contributed by atoms with E-state index in [1.807, 2.05) is 0 Å². The number of methoxy groups -OCH3 is 1. The van der Waals surface area contributed by atoms with E-state index >= 15 is 0 Å². The first kappa shape index (κ1) is 12.1. The lowest BCUT2D eigenvalue weighted by Crippen LogP contribution is -2.32. The summed E-state index contributed by atoms with van der Waals surface area (Å²) in [5, 5.41) is 1.25. The van der Waals surface area contributed by atoms with Crippen LogP contribution in [0, 0.1) is 0 Å². The fourth-order valence-corrected chi connectivity index (χ4v) is 3.50. The molecule has 0 spiro atoms. The monoisotopic (exact) mass is 253 g/mol. The molecule has 17 heavy (non-hydrogen) atoms. The summed E-state index contributed by atoms with van der Waals surface area (Å²) in [6.07, 6.45) is 0. The van der Waals surface area contributed by atoms with Crippen LogP contribution in [0.2, 0.25) is 0 Å². The number of hydrogen-bond acceptors (Lipinski definition) is 4. The van der Waals surface area contributed by atoms with E-state index in [-0.39, 0.29) is 4.90 Å². The van der Waals surface area contributed by atoms with Crippen LogP contribution in [0.15, 0.2) is 28.5 Å². The predicted octanol–water partition coefficient (Wildman–Crippen LogP) is 1.56. The van der Waals surface area contributed by atoms with Crippen molar-refractivity contribution in [2.75, 3.05) is 7.11 Å². The van der Waals surface area contributed by atoms with E-state index in [2.05, 4.69) is 0 Å². The smallest absolute Gasteiger partial charge is 0.200 e. The molecular formula is C12H15NO3S. The molecule has 1 aliphatic heterocycles. The summed E-state index contributed by atoms with van der Waals surface area (Å²) in [5.74, 6) is 0.525. The lowest BCUT2D eigenvalue weighted by Gasteiger charge is -2.20. The predicted molar refractivity (Wildman–Crippen MR) is 66.4 cm³/mol. The van der Waals surface area contributed by atoms with Gasteiger partial charge in [-0.05, 0) is 43.2 Å². The van der Waals surface area contributed by atoms with E-state index in [9.17, 15) is 8.42 Å². The van der Waals surface area contributed by atoms with Gasteiger partial charge in [0.05, 0.1) is 12.0 Å². The van der Waals surface area contributed by atoms with Gasteiger partial charge in [-0.3, -0.25) is 0 Å². The third-order valence-electron chi connectivity index (χ3n) is 2.75. The Morgan fingerprint density at radius 1 is 1.29 bits per heavy atom. The van der Waals surface area contributed by atoms with Crippen LogP contribution in [0.5, 0.6) is 5.75 Å². The van der Waals surface area contributed by atoms with Gasteiger partial charge >= 0.3 is 0 Å². The fourth-order valence-electron chi connectivity index (χ4n) is 1.87. The van der Waals surface area contributed by atoms with Crippen molar-refractivity contribution in [2.24, 2.45) is 5.73 Å². The molecular weight excluding hydrogens is 238 g/mol. The van der Waals surface area contributed by atoms with E-state index in [0.29, 0.717) is 16.9 Å². The molecule has 92 valence electrons. The fraction of sp³-hybridized carbons (Fsp3) is 0.333. The number of fused-ring (bicyclic) bond motifs is 1. The molecule has 0 radical (unpaired) electrons. The first-order valence-electron chi connectivity index (χ1n) is 5.20. The molecule has 0 saturated carbocycles. The number of rotatable bonds is 2. The highest BCUT2D eigenvalue weighted by atomic mass is 32.2. The summed E-state index contributed by atoms with van der Waals surface area (Å²) >= 11 is 0. The highest BCUT2D eigenvalue weighted by Gasteiger charge is 2.33. The average molecular weight is 253 g/mol. The van der Waals surface area contributed by atoms with Crippen LogP contribution in [0.1, 0.15) is 19.4 Å². The molecule has 1 aromatic rings. The second-order valence-corrected chi connectivity index (χ2v) is 6.43. The van der Waals surface area contributed by atoms with E-state index in [4.69, 9.17) is 10.5 Å². The minimum atomic E-state index is -3.39. The van der Waals surface area contributed by atoms with Crippen molar-refractivity contribution in [3.8, 4) is 5.75 Å². The minimum Gasteiger partial charge on any atom is -0.497 e. The number of hydrogen-bond donors (Lipinski definition) is 1. The van der Waals surface area contributed by atoms with Gasteiger partial charge in [-0.2, -0.15) is 0 Å². The summed E-state index contributed by atoms with van der Waals surface area (Å²) in [7, 11) is -1.89. The zero-order valence-corrected chi connectivity index (χ0v) is 10.8. The second-order valence-electron chi connectivity index (χ2n) is 4.66. The molecule has 2 N–H and O–H groups in total. The molecule has 0 aromatic heterocycles. The Hall–Kier alpha value is -1.33. The Labute approximate surface area is 101 Å². The van der Waals surface area contributed by atoms with Crippen molar-refractivity contribution in [1.29, 1.82) is 0 Å². The summed E-state index contributed by atoms with van der Waals surface area (Å²) in [5.41, 5.74) is 6.60. The highest BCUT2D eigenvalue weighted by molar-refractivity contribution is 7.95. The molecule has 0 amide bonds. The van der Waals surface area contributed by atoms with Gasteiger partial charge in [0.2, 0.25) is 9.84 Å². The number of sulfone groups is 1. The summed E-state index contributed by atoms with van der Waals surface area (Å²) < 4.78 is 29.0. The van der Waals surface area contributed by atoms with E-state index in [1.165, 1.54) is 18.6 Å². The minimum absolute atomic E-state index is 0.269. The third kappa shape index (κ3) is 1.96. The summed E-state index contributed by atoms with van der Waals surface area (Å²) in [6, 6.07) is 5.00. The summed E-state index contributed by atoms with van der Waals surface area (Å²) in [6.45, 7) is 3.57. The van der Waals surface area contributed by atoms with E-state index in [0.717, 1.165) is 0 Å². The zero-order valence-electron chi connectivity index (χ0n) is 10.0. The number of ether oxygens (including phenoxy) is 1. The van der Waals surface area contributed by atoms with Crippen LogP contribution in [0.3, 0.4) is 0 Å². The van der Waals surface area contributed by atoms with Crippen LogP contribution < -0.4 is 10.5 Å². The van der Waals surface area contributed by atoms with Crippen molar-refractivity contribution in [2.45, 2.75) is 24.3 Å². The lowest BCUT2D eigenvalue weighted by molar-refractivity contribution is 0.413. The molecule has 4 nitrogen and oxygen atoms in total. The number of benzene rings is 1. The molecule has 1 aromatic carbocycles. The first-order chi connectivity index (χ1) is 7.75. The van der Waals surface area contributed by atoms with Crippen molar-refractivity contribution in [3.05, 3.63) is 29.2 Å². The van der Waals surface area contributed by atoms with Crippen molar-refractivity contribution < 1.29 is 13.2 Å². The standard InChI is InChI=1S/C12H15NO3S/c1-12(2,13)10-7-17(14,15)11-6-8(16-3)4-5-9(10)11/h4-7H,13H2,1-3H3. The van der Waals surface area contributed by atoms with Crippen molar-refractivity contribution in [1.82, 2.24) is 0 Å². The van der Waals surface area contributed by atoms with Gasteiger partial charge in [-0.15, -0.1) is 0 Å². The van der Waals surface area contributed by atoms with Gasteiger partial charge in [0.25, 0.3) is 0 Å². The first-order valence-corrected chi connectivity index (χ1v) is 6.75. The maximum Gasteiger partial charge on any atom is 0.200 e. The van der Waals surface area contributed by atoms with Crippen LogP contribution in [0.4, 0.5) is 0 Å². The highest BCUT2D eigenvalue weighted by Crippen LogP contribution is 2.39. The third-order valence-corrected chi connectivity index (χ3v) is 4.25. The molecule has 1 heterocycles. The Morgan fingerprint density at radius 2 is 1.94 bits per heavy atom. The van der Waals surface area contributed by atoms with Gasteiger partial charge in [0.1, 0.15) is 5.75 Å². The molecule has 1 aliphatic rings. The quantitative estimate of drug-likeness (QED) is 0.868. The average Bonchev–Trinajstić information content (AvgIpc) is 2.50. The largest absolute Gasteiger partial charge is 0.497 e. The maximum absolute atomic E-state index is 12.0. The van der Waals surface area contributed by atoms with E-state index in [1.54, 1.807) is 26.0 Å². The van der Waals surface area contributed by atoms with Gasteiger partial charge < -0.3 is 10.5 Å². The van der Waals surface area contributed by atoms with Gasteiger partial charge in [0, 0.05) is 10.9 Å².